The molecule has 0 aliphatic rings. The van der Waals surface area contributed by atoms with Gasteiger partial charge in [-0.15, -0.1) is 0 Å². The Labute approximate surface area is 108 Å². The average Bonchev–Trinajstić information content (AvgIpc) is 2.28. The van der Waals surface area contributed by atoms with Crippen LogP contribution in [0.2, 0.25) is 18.6 Å². The lowest BCUT2D eigenvalue weighted by Crippen LogP contribution is -2.26. The lowest BCUT2D eigenvalue weighted by Gasteiger charge is -2.22. The Hall–Kier alpha value is -0.123. The first kappa shape index (κ1) is 16.9. The molecule has 2 nitrogen and oxygen atoms in total. The molecule has 0 saturated carbocycles. The number of aliphatic hydroxyl groups excluding tert-OH is 1. The molecule has 0 heterocycles. The van der Waals surface area contributed by atoms with Crippen molar-refractivity contribution in [3.05, 3.63) is 11.8 Å². The smallest absolute Gasteiger partial charge is 0.0744 e. The molecule has 0 aromatic carbocycles. The van der Waals surface area contributed by atoms with E-state index in [1.54, 1.807) is 0 Å². The minimum absolute atomic E-state index is 0.275. The van der Waals surface area contributed by atoms with Gasteiger partial charge < -0.3 is 9.84 Å². The lowest BCUT2D eigenvalue weighted by atomic mass is 10.3. The van der Waals surface area contributed by atoms with Crippen molar-refractivity contribution in [3.63, 3.8) is 0 Å². The zero-order chi connectivity index (χ0) is 13.0. The van der Waals surface area contributed by atoms with E-state index in [0.29, 0.717) is 0 Å². The van der Waals surface area contributed by atoms with Crippen LogP contribution in [0.1, 0.15) is 39.5 Å². The maximum absolute atomic E-state index is 8.63. The van der Waals surface area contributed by atoms with Gasteiger partial charge in [0.15, 0.2) is 0 Å². The normalized spacial score (nSPS) is 12.5. The summed E-state index contributed by atoms with van der Waals surface area (Å²) < 4.78 is 5.51. The molecule has 0 fully saturated rings. The molecule has 0 saturated heterocycles. The third-order valence-electron chi connectivity index (χ3n) is 3.07. The van der Waals surface area contributed by atoms with Crippen molar-refractivity contribution < 1.29 is 9.84 Å². The van der Waals surface area contributed by atoms with Crippen LogP contribution in [0.5, 0.6) is 0 Å². The predicted octanol–water partition coefficient (Wildman–Crippen LogP) is 3.77. The summed E-state index contributed by atoms with van der Waals surface area (Å²) in [4.78, 5) is 0. The maximum atomic E-state index is 8.63. The van der Waals surface area contributed by atoms with Gasteiger partial charge in [-0.1, -0.05) is 57.1 Å². The van der Waals surface area contributed by atoms with E-state index >= 15 is 0 Å². The second-order valence-electron chi connectivity index (χ2n) is 5.06. The van der Waals surface area contributed by atoms with Crippen LogP contribution in [-0.4, -0.2) is 33.0 Å². The summed E-state index contributed by atoms with van der Waals surface area (Å²) in [6.45, 7) is 8.81. The van der Waals surface area contributed by atoms with Gasteiger partial charge in [-0.3, -0.25) is 0 Å². The summed E-state index contributed by atoms with van der Waals surface area (Å²) in [6.07, 6.45) is 6.62. The summed E-state index contributed by atoms with van der Waals surface area (Å²) in [6, 6.07) is 2.78. The van der Waals surface area contributed by atoms with E-state index < -0.39 is 8.07 Å². The van der Waals surface area contributed by atoms with Crippen molar-refractivity contribution in [2.45, 2.75) is 58.2 Å². The fourth-order valence-corrected chi connectivity index (χ4v) is 5.77. The Morgan fingerprint density at radius 1 is 1.12 bits per heavy atom. The minimum atomic E-state index is -1.13. The van der Waals surface area contributed by atoms with Gasteiger partial charge >= 0.3 is 0 Å². The van der Waals surface area contributed by atoms with Gasteiger partial charge in [0.1, 0.15) is 0 Å². The molecule has 0 rings (SSSR count). The van der Waals surface area contributed by atoms with Crippen molar-refractivity contribution >= 4 is 8.07 Å². The van der Waals surface area contributed by atoms with Gasteiger partial charge in [0.25, 0.3) is 0 Å². The van der Waals surface area contributed by atoms with Crippen LogP contribution >= 0.6 is 0 Å². The summed E-state index contributed by atoms with van der Waals surface area (Å²) in [7, 11) is -1.13. The lowest BCUT2D eigenvalue weighted by molar-refractivity contribution is 0.150. The largest absolute Gasteiger partial charge is 0.396 e. The Morgan fingerprint density at radius 3 is 2.29 bits per heavy atom. The molecule has 0 aromatic rings. The van der Waals surface area contributed by atoms with Crippen molar-refractivity contribution in [2.24, 2.45) is 0 Å². The second-order valence-corrected chi connectivity index (χ2v) is 9.70. The van der Waals surface area contributed by atoms with Crippen LogP contribution in [-0.2, 0) is 4.74 Å². The van der Waals surface area contributed by atoms with Crippen LogP contribution < -0.4 is 0 Å². The van der Waals surface area contributed by atoms with E-state index in [0.717, 1.165) is 26.1 Å². The molecule has 0 spiro atoms. The van der Waals surface area contributed by atoms with Crippen LogP contribution in [0.4, 0.5) is 0 Å². The number of unbranched alkanes of at least 4 members (excludes halogenated alkanes) is 1. The van der Waals surface area contributed by atoms with Crippen molar-refractivity contribution in [1.82, 2.24) is 0 Å². The van der Waals surface area contributed by atoms with E-state index in [4.69, 9.17) is 9.84 Å². The molecule has 0 atom stereocenters. The van der Waals surface area contributed by atoms with Crippen LogP contribution in [0.3, 0.4) is 0 Å². The number of hydrogen-bond acceptors (Lipinski definition) is 2. The maximum Gasteiger partial charge on any atom is 0.0744 e. The summed E-state index contributed by atoms with van der Waals surface area (Å²) in [5.74, 6) is 0. The predicted molar refractivity (Wildman–Crippen MR) is 78.1 cm³/mol. The quantitative estimate of drug-likeness (QED) is 0.451. The standard InChI is InChI=1S/C14H30O2Si/c1-4-12-17(3,13-5-2)14-8-11-16-10-7-6-9-15/h8,14-15H,4-7,9-13H2,1-3H3. The van der Waals surface area contributed by atoms with Crippen LogP contribution in [0.25, 0.3) is 0 Å². The monoisotopic (exact) mass is 258 g/mol. The van der Waals surface area contributed by atoms with E-state index in [2.05, 4.69) is 32.2 Å². The molecule has 0 bridgehead atoms. The van der Waals surface area contributed by atoms with Crippen molar-refractivity contribution in [1.29, 1.82) is 0 Å². The number of hydrogen-bond donors (Lipinski definition) is 1. The molecule has 0 aromatic heterocycles. The van der Waals surface area contributed by atoms with Gasteiger partial charge in [-0.25, -0.2) is 0 Å². The highest BCUT2D eigenvalue weighted by atomic mass is 28.3. The number of rotatable bonds is 11. The molecule has 102 valence electrons. The van der Waals surface area contributed by atoms with Gasteiger partial charge in [0.2, 0.25) is 0 Å². The van der Waals surface area contributed by atoms with Crippen molar-refractivity contribution in [2.75, 3.05) is 19.8 Å². The molecular formula is C14H30O2Si. The molecule has 0 aliphatic heterocycles. The molecule has 0 unspecified atom stereocenters. The molecule has 0 radical (unpaired) electrons. The SMILES string of the molecule is CCC[Si](C)(C=CCOCCCCO)CCC. The molecule has 1 N–H and O–H groups in total. The first-order valence-corrected chi connectivity index (χ1v) is 10.0. The summed E-state index contributed by atoms with van der Waals surface area (Å²) >= 11 is 0. The van der Waals surface area contributed by atoms with Gasteiger partial charge in [-0.05, 0) is 12.8 Å². The van der Waals surface area contributed by atoms with E-state index in [-0.39, 0.29) is 6.61 Å². The first-order chi connectivity index (χ1) is 8.18. The Balaban J connectivity index is 3.76. The van der Waals surface area contributed by atoms with Crippen LogP contribution in [0.15, 0.2) is 11.8 Å². The van der Waals surface area contributed by atoms with E-state index in [1.165, 1.54) is 24.9 Å². The zero-order valence-electron chi connectivity index (χ0n) is 11.9. The Morgan fingerprint density at radius 2 is 1.76 bits per heavy atom. The first-order valence-electron chi connectivity index (χ1n) is 7.05. The fourth-order valence-electron chi connectivity index (χ4n) is 2.23. The summed E-state index contributed by atoms with van der Waals surface area (Å²) in [5.41, 5.74) is 2.46. The topological polar surface area (TPSA) is 29.5 Å². The highest BCUT2D eigenvalue weighted by Gasteiger charge is 2.20. The average molecular weight is 258 g/mol. The highest BCUT2D eigenvalue weighted by molar-refractivity contribution is 6.83. The molecule has 0 amide bonds. The Kier molecular flexibility index (Phi) is 10.9. The van der Waals surface area contributed by atoms with Crippen molar-refractivity contribution in [3.8, 4) is 0 Å². The molecule has 17 heavy (non-hydrogen) atoms. The molecule has 3 heteroatoms. The van der Waals surface area contributed by atoms with E-state index in [1.807, 2.05) is 0 Å². The van der Waals surface area contributed by atoms with Gasteiger partial charge in [0, 0.05) is 13.2 Å². The number of ether oxygens (including phenoxy) is 1. The fraction of sp³-hybridized carbons (Fsp3) is 0.857. The second kappa shape index (κ2) is 11.0. The minimum Gasteiger partial charge on any atom is -0.396 e. The number of aliphatic hydroxyl groups is 1. The summed E-state index contributed by atoms with van der Waals surface area (Å²) in [5, 5.41) is 8.63. The van der Waals surface area contributed by atoms with Gasteiger partial charge in [-0.2, -0.15) is 0 Å². The van der Waals surface area contributed by atoms with Gasteiger partial charge in [0.05, 0.1) is 14.7 Å². The third kappa shape index (κ3) is 9.57. The molecular weight excluding hydrogens is 228 g/mol. The highest BCUT2D eigenvalue weighted by Crippen LogP contribution is 2.20. The third-order valence-corrected chi connectivity index (χ3v) is 7.40. The Bertz CT molecular complexity index is 187. The van der Waals surface area contributed by atoms with E-state index in [9.17, 15) is 0 Å². The van der Waals surface area contributed by atoms with Crippen LogP contribution in [0, 0.1) is 0 Å². The molecule has 0 aliphatic carbocycles. The zero-order valence-corrected chi connectivity index (χ0v) is 12.9.